The molecule has 0 saturated heterocycles. The van der Waals surface area contributed by atoms with Gasteiger partial charge < -0.3 is 5.73 Å². The molecule has 0 radical (unpaired) electrons. The summed E-state index contributed by atoms with van der Waals surface area (Å²) in [6.45, 7) is 0.507. The molecular weight excluding hydrogens is 206 g/mol. The van der Waals surface area contributed by atoms with E-state index in [0.717, 1.165) is 11.1 Å². The molecule has 3 heteroatoms. The van der Waals surface area contributed by atoms with E-state index in [-0.39, 0.29) is 5.78 Å². The molecule has 0 spiro atoms. The number of nitrogens with two attached hydrogens (primary N) is 1. The quantitative estimate of drug-likeness (QED) is 0.802. The van der Waals surface area contributed by atoms with E-state index < -0.39 is 0 Å². The maximum Gasteiger partial charge on any atom is 0.193 e. The first-order chi connectivity index (χ1) is 7.31. The van der Waals surface area contributed by atoms with Crippen LogP contribution in [-0.2, 0) is 6.54 Å². The van der Waals surface area contributed by atoms with Crippen LogP contribution in [0.3, 0.4) is 0 Å². The van der Waals surface area contributed by atoms with Gasteiger partial charge in [-0.25, -0.2) is 0 Å². The van der Waals surface area contributed by atoms with Crippen LogP contribution >= 0.6 is 11.3 Å². The molecule has 2 N–H and O–H groups in total. The zero-order valence-electron chi connectivity index (χ0n) is 8.14. The minimum atomic E-state index is 0.0693. The Kier molecular flexibility index (Phi) is 2.94. The van der Waals surface area contributed by atoms with Crippen molar-refractivity contribution in [1.82, 2.24) is 0 Å². The first-order valence-corrected chi connectivity index (χ1v) is 5.61. The Labute approximate surface area is 92.4 Å². The summed E-state index contributed by atoms with van der Waals surface area (Å²) in [7, 11) is 0. The molecule has 15 heavy (non-hydrogen) atoms. The van der Waals surface area contributed by atoms with Crippen molar-refractivity contribution >= 4 is 17.1 Å². The van der Waals surface area contributed by atoms with Gasteiger partial charge in [0.05, 0.1) is 0 Å². The summed E-state index contributed by atoms with van der Waals surface area (Å²) < 4.78 is 0. The number of ketones is 1. The fraction of sp³-hybridized carbons (Fsp3) is 0.0833. The lowest BCUT2D eigenvalue weighted by Crippen LogP contribution is -2.01. The van der Waals surface area contributed by atoms with Crippen molar-refractivity contribution in [2.24, 2.45) is 5.73 Å². The number of hydrogen-bond acceptors (Lipinski definition) is 3. The molecule has 0 atom stereocenters. The summed E-state index contributed by atoms with van der Waals surface area (Å²) in [5.41, 5.74) is 7.99. The van der Waals surface area contributed by atoms with Crippen LogP contribution in [0.2, 0.25) is 0 Å². The minimum absolute atomic E-state index is 0.0693. The van der Waals surface area contributed by atoms with E-state index >= 15 is 0 Å². The zero-order chi connectivity index (χ0) is 10.7. The SMILES string of the molecule is NCc1ccc(C(=O)c2ccsc2)cc1. The average Bonchev–Trinajstić information content (AvgIpc) is 2.82. The average molecular weight is 217 g/mol. The Morgan fingerprint density at radius 1 is 1.13 bits per heavy atom. The molecule has 1 aromatic carbocycles. The molecule has 0 aliphatic carbocycles. The highest BCUT2D eigenvalue weighted by atomic mass is 32.1. The largest absolute Gasteiger partial charge is 0.326 e. The van der Waals surface area contributed by atoms with E-state index in [1.807, 2.05) is 41.1 Å². The molecule has 76 valence electrons. The predicted molar refractivity (Wildman–Crippen MR) is 62.1 cm³/mol. The summed E-state index contributed by atoms with van der Waals surface area (Å²) >= 11 is 1.53. The van der Waals surface area contributed by atoms with Gasteiger partial charge in [-0.1, -0.05) is 24.3 Å². The van der Waals surface area contributed by atoms with Crippen LogP contribution in [0.5, 0.6) is 0 Å². The number of carbonyl (C=O) groups is 1. The van der Waals surface area contributed by atoms with Gasteiger partial charge in [0.25, 0.3) is 0 Å². The van der Waals surface area contributed by atoms with E-state index in [0.29, 0.717) is 12.1 Å². The minimum Gasteiger partial charge on any atom is -0.326 e. The number of carbonyl (C=O) groups excluding carboxylic acids is 1. The lowest BCUT2D eigenvalue weighted by Gasteiger charge is -2.00. The van der Waals surface area contributed by atoms with E-state index in [2.05, 4.69) is 0 Å². The molecule has 1 heterocycles. The fourth-order valence-electron chi connectivity index (χ4n) is 1.35. The molecule has 0 amide bonds. The van der Waals surface area contributed by atoms with Gasteiger partial charge in [-0.15, -0.1) is 0 Å². The standard InChI is InChI=1S/C12H11NOS/c13-7-9-1-3-10(4-2-9)12(14)11-5-6-15-8-11/h1-6,8H,7,13H2. The first-order valence-electron chi connectivity index (χ1n) is 4.67. The highest BCUT2D eigenvalue weighted by Gasteiger charge is 2.08. The van der Waals surface area contributed by atoms with Crippen molar-refractivity contribution in [1.29, 1.82) is 0 Å². The molecule has 2 aromatic rings. The zero-order valence-corrected chi connectivity index (χ0v) is 8.96. The molecule has 0 bridgehead atoms. The summed E-state index contributed by atoms with van der Waals surface area (Å²) in [6.07, 6.45) is 0. The second-order valence-corrected chi connectivity index (χ2v) is 4.02. The van der Waals surface area contributed by atoms with Crippen molar-refractivity contribution in [3.8, 4) is 0 Å². The van der Waals surface area contributed by atoms with Crippen molar-refractivity contribution in [2.45, 2.75) is 6.54 Å². The normalized spacial score (nSPS) is 10.2. The third-order valence-electron chi connectivity index (χ3n) is 2.24. The lowest BCUT2D eigenvalue weighted by molar-refractivity contribution is 0.103. The van der Waals surface area contributed by atoms with Crippen molar-refractivity contribution in [3.63, 3.8) is 0 Å². The predicted octanol–water partition coefficient (Wildman–Crippen LogP) is 2.44. The summed E-state index contributed by atoms with van der Waals surface area (Å²) in [5, 5.41) is 3.76. The van der Waals surface area contributed by atoms with Gasteiger partial charge in [0.2, 0.25) is 0 Å². The van der Waals surface area contributed by atoms with Gasteiger partial charge in [-0.2, -0.15) is 11.3 Å². The number of hydrogen-bond donors (Lipinski definition) is 1. The van der Waals surface area contributed by atoms with E-state index in [9.17, 15) is 4.79 Å². The van der Waals surface area contributed by atoms with Crippen LogP contribution in [0, 0.1) is 0 Å². The van der Waals surface area contributed by atoms with Crippen molar-refractivity contribution in [2.75, 3.05) is 0 Å². The third kappa shape index (κ3) is 2.14. The van der Waals surface area contributed by atoms with Crippen molar-refractivity contribution in [3.05, 3.63) is 57.8 Å². The molecule has 0 unspecified atom stereocenters. The Morgan fingerprint density at radius 2 is 1.87 bits per heavy atom. The smallest absolute Gasteiger partial charge is 0.193 e. The molecule has 0 fully saturated rings. The van der Waals surface area contributed by atoms with E-state index in [1.165, 1.54) is 11.3 Å². The number of benzene rings is 1. The highest BCUT2D eigenvalue weighted by molar-refractivity contribution is 7.08. The molecule has 1 aromatic heterocycles. The van der Waals surface area contributed by atoms with Gasteiger partial charge >= 0.3 is 0 Å². The molecule has 2 rings (SSSR count). The lowest BCUT2D eigenvalue weighted by atomic mass is 10.0. The monoisotopic (exact) mass is 217 g/mol. The molecule has 0 saturated carbocycles. The van der Waals surface area contributed by atoms with Crippen LogP contribution in [-0.4, -0.2) is 5.78 Å². The Morgan fingerprint density at radius 3 is 2.40 bits per heavy atom. The topological polar surface area (TPSA) is 43.1 Å². The van der Waals surface area contributed by atoms with Gasteiger partial charge in [0.1, 0.15) is 0 Å². The second kappa shape index (κ2) is 4.38. The Hall–Kier alpha value is -1.45. The molecule has 0 aliphatic rings. The summed E-state index contributed by atoms with van der Waals surface area (Å²) in [5.74, 6) is 0.0693. The summed E-state index contributed by atoms with van der Waals surface area (Å²) in [4.78, 5) is 11.9. The van der Waals surface area contributed by atoms with Gasteiger partial charge in [0, 0.05) is 23.1 Å². The molecular formula is C12H11NOS. The van der Waals surface area contributed by atoms with E-state index in [1.54, 1.807) is 0 Å². The Balaban J connectivity index is 2.27. The van der Waals surface area contributed by atoms with E-state index in [4.69, 9.17) is 5.73 Å². The highest BCUT2D eigenvalue weighted by Crippen LogP contribution is 2.13. The van der Waals surface area contributed by atoms with Crippen molar-refractivity contribution < 1.29 is 4.79 Å². The van der Waals surface area contributed by atoms with Crippen LogP contribution in [0.4, 0.5) is 0 Å². The first kappa shape index (κ1) is 10.1. The number of rotatable bonds is 3. The fourth-order valence-corrected chi connectivity index (χ4v) is 1.99. The molecule has 0 aliphatic heterocycles. The number of thiophene rings is 1. The summed E-state index contributed by atoms with van der Waals surface area (Å²) in [6, 6.07) is 9.26. The van der Waals surface area contributed by atoms with Gasteiger partial charge in [0.15, 0.2) is 5.78 Å². The van der Waals surface area contributed by atoms with Gasteiger partial charge in [-0.3, -0.25) is 4.79 Å². The van der Waals surface area contributed by atoms with Crippen LogP contribution in [0.1, 0.15) is 21.5 Å². The molecule has 2 nitrogen and oxygen atoms in total. The Bertz CT molecular complexity index is 445. The van der Waals surface area contributed by atoms with Crippen LogP contribution in [0.15, 0.2) is 41.1 Å². The van der Waals surface area contributed by atoms with Gasteiger partial charge in [-0.05, 0) is 17.0 Å². The maximum atomic E-state index is 11.9. The van der Waals surface area contributed by atoms with Crippen LogP contribution in [0.25, 0.3) is 0 Å². The second-order valence-electron chi connectivity index (χ2n) is 3.24. The third-order valence-corrected chi connectivity index (χ3v) is 2.92. The van der Waals surface area contributed by atoms with Crippen LogP contribution < -0.4 is 5.73 Å². The maximum absolute atomic E-state index is 11.9.